The molecule has 2 aliphatic carbocycles. The largest absolute Gasteiger partial charge is 0.361 e. The average molecular weight is 296 g/mol. The highest BCUT2D eigenvalue weighted by Crippen LogP contribution is 2.06. The van der Waals surface area contributed by atoms with Gasteiger partial charge >= 0.3 is 0 Å². The maximum absolute atomic E-state index is 8.64. The number of rotatable bonds is 7. The summed E-state index contributed by atoms with van der Waals surface area (Å²) in [4.78, 5) is 6.36. The molecule has 0 unspecified atom stereocenters. The second kappa shape index (κ2) is 8.82. The third-order valence-corrected chi connectivity index (χ3v) is 3.52. The molecule has 6 heteroatoms. The van der Waals surface area contributed by atoms with Gasteiger partial charge < -0.3 is 21.7 Å². The second-order valence-electron chi connectivity index (χ2n) is 5.17. The van der Waals surface area contributed by atoms with Crippen LogP contribution in [0.5, 0.6) is 0 Å². The molecule has 0 amide bonds. The quantitative estimate of drug-likeness (QED) is 0.420. The van der Waals surface area contributed by atoms with Crippen LogP contribution < -0.4 is 10.6 Å². The maximum atomic E-state index is 8.64. The Kier molecular flexibility index (Phi) is 6.42. The molecule has 0 saturated carbocycles. The minimum Gasteiger partial charge on any atom is -0.361 e. The molecule has 0 heterocycles. The van der Waals surface area contributed by atoms with Gasteiger partial charge in [0.15, 0.2) is 0 Å². The van der Waals surface area contributed by atoms with Gasteiger partial charge in [-0.05, 0) is 11.1 Å². The SMILES string of the molecule is [N-]=[N+]=C1C=CC(CNCCNCC2=CCC(=[N+]=[N-])C=C2)=CC1. The third-order valence-electron chi connectivity index (χ3n) is 3.52. The Morgan fingerprint density at radius 2 is 1.23 bits per heavy atom. The first-order chi connectivity index (χ1) is 10.8. The maximum Gasteiger partial charge on any atom is 0.295 e. The fourth-order valence-corrected chi connectivity index (χ4v) is 2.20. The second-order valence-corrected chi connectivity index (χ2v) is 5.17. The van der Waals surface area contributed by atoms with Crippen molar-refractivity contribution < 1.29 is 9.58 Å². The Morgan fingerprint density at radius 1 is 0.773 bits per heavy atom. The van der Waals surface area contributed by atoms with E-state index in [-0.39, 0.29) is 0 Å². The lowest BCUT2D eigenvalue weighted by atomic mass is 10.1. The third kappa shape index (κ3) is 5.20. The van der Waals surface area contributed by atoms with Crippen molar-refractivity contribution in [3.63, 3.8) is 0 Å². The zero-order valence-corrected chi connectivity index (χ0v) is 12.5. The van der Waals surface area contributed by atoms with Crippen molar-refractivity contribution in [1.29, 1.82) is 0 Å². The molecule has 2 aliphatic rings. The predicted molar refractivity (Wildman–Crippen MR) is 86.7 cm³/mol. The van der Waals surface area contributed by atoms with Crippen molar-refractivity contribution in [2.45, 2.75) is 12.8 Å². The van der Waals surface area contributed by atoms with E-state index >= 15 is 0 Å². The molecule has 22 heavy (non-hydrogen) atoms. The van der Waals surface area contributed by atoms with E-state index in [9.17, 15) is 0 Å². The molecular formula is C16H20N6. The summed E-state index contributed by atoms with van der Waals surface area (Å²) >= 11 is 0. The first-order valence-electron chi connectivity index (χ1n) is 7.39. The molecule has 0 fully saturated rings. The van der Waals surface area contributed by atoms with E-state index in [1.54, 1.807) is 0 Å². The number of hydrogen-bond acceptors (Lipinski definition) is 2. The lowest BCUT2D eigenvalue weighted by Crippen LogP contribution is -2.29. The van der Waals surface area contributed by atoms with E-state index in [0.29, 0.717) is 24.3 Å². The summed E-state index contributed by atoms with van der Waals surface area (Å²) in [5, 5.41) is 6.74. The highest BCUT2D eigenvalue weighted by atomic mass is 14.9. The molecule has 0 aromatic rings. The molecule has 114 valence electrons. The van der Waals surface area contributed by atoms with Crippen molar-refractivity contribution in [3.8, 4) is 0 Å². The van der Waals surface area contributed by atoms with Gasteiger partial charge in [0, 0.05) is 38.3 Å². The number of hydrogen-bond donors (Lipinski definition) is 2. The smallest absolute Gasteiger partial charge is 0.295 e. The fraction of sp³-hybridized carbons (Fsp3) is 0.375. The molecule has 0 radical (unpaired) electrons. The average Bonchev–Trinajstić information content (AvgIpc) is 2.59. The van der Waals surface area contributed by atoms with E-state index in [4.69, 9.17) is 11.1 Å². The highest BCUT2D eigenvalue weighted by molar-refractivity contribution is 5.93. The Bertz CT molecular complexity index is 569. The lowest BCUT2D eigenvalue weighted by Gasteiger charge is -2.09. The molecule has 0 saturated heterocycles. The van der Waals surface area contributed by atoms with Crippen molar-refractivity contribution in [1.82, 2.24) is 10.6 Å². The minimum atomic E-state index is 0.682. The molecule has 0 spiro atoms. The fourth-order valence-electron chi connectivity index (χ4n) is 2.20. The van der Waals surface area contributed by atoms with Crippen LogP contribution in [0.25, 0.3) is 11.1 Å². The van der Waals surface area contributed by atoms with Gasteiger partial charge in [0.2, 0.25) is 0 Å². The summed E-state index contributed by atoms with van der Waals surface area (Å²) in [6.45, 7) is 3.39. The van der Waals surface area contributed by atoms with Gasteiger partial charge in [-0.25, -0.2) is 0 Å². The summed E-state index contributed by atoms with van der Waals surface area (Å²) in [5.74, 6) is 0. The molecular weight excluding hydrogens is 276 g/mol. The molecule has 2 N–H and O–H groups in total. The molecule has 0 bridgehead atoms. The number of nitrogens with zero attached hydrogens (tertiary/aromatic N) is 4. The summed E-state index contributed by atoms with van der Waals surface area (Å²) in [6, 6.07) is 0. The van der Waals surface area contributed by atoms with Crippen molar-refractivity contribution in [2.24, 2.45) is 0 Å². The Hall–Kier alpha value is -2.36. The van der Waals surface area contributed by atoms with Crippen LogP contribution in [0.2, 0.25) is 0 Å². The minimum absolute atomic E-state index is 0.682. The van der Waals surface area contributed by atoms with Crippen LogP contribution in [0.4, 0.5) is 0 Å². The van der Waals surface area contributed by atoms with Gasteiger partial charge in [-0.2, -0.15) is 9.58 Å². The molecule has 0 aliphatic heterocycles. The van der Waals surface area contributed by atoms with Crippen LogP contribution in [0.15, 0.2) is 47.6 Å². The number of nitrogens with one attached hydrogen (secondary N) is 2. The van der Waals surface area contributed by atoms with E-state index in [1.807, 2.05) is 24.3 Å². The van der Waals surface area contributed by atoms with Gasteiger partial charge in [0.05, 0.1) is 12.8 Å². The monoisotopic (exact) mass is 296 g/mol. The van der Waals surface area contributed by atoms with Crippen molar-refractivity contribution in [2.75, 3.05) is 26.2 Å². The van der Waals surface area contributed by atoms with E-state index < -0.39 is 0 Å². The van der Waals surface area contributed by atoms with Gasteiger partial charge in [0.1, 0.15) is 0 Å². The molecule has 2 rings (SSSR count). The van der Waals surface area contributed by atoms with Gasteiger partial charge in [-0.1, -0.05) is 24.3 Å². The zero-order valence-electron chi connectivity index (χ0n) is 12.5. The summed E-state index contributed by atoms with van der Waals surface area (Å²) in [7, 11) is 0. The molecule has 6 nitrogen and oxygen atoms in total. The zero-order chi connectivity index (χ0) is 15.6. The Balaban J connectivity index is 1.55. The van der Waals surface area contributed by atoms with Gasteiger partial charge in [-0.15, -0.1) is 0 Å². The summed E-state index contributed by atoms with van der Waals surface area (Å²) in [6.07, 6.45) is 13.1. The van der Waals surface area contributed by atoms with E-state index in [1.165, 1.54) is 11.1 Å². The highest BCUT2D eigenvalue weighted by Gasteiger charge is 2.08. The molecule has 0 aromatic carbocycles. The summed E-state index contributed by atoms with van der Waals surface area (Å²) < 4.78 is 0. The first kappa shape index (κ1) is 16.0. The van der Waals surface area contributed by atoms with Gasteiger partial charge in [0.25, 0.3) is 11.4 Å². The standard InChI is InChI=1S/C16H20N6/c17-21-15-5-1-13(2-6-15)11-19-9-10-20-12-14-3-7-16(22-18)8-4-14/h1-5,7,19-20H,6,8-12H2. The van der Waals surface area contributed by atoms with Crippen LogP contribution in [-0.2, 0) is 0 Å². The van der Waals surface area contributed by atoms with Crippen LogP contribution in [-0.4, -0.2) is 47.2 Å². The number of allylic oxidation sites excluding steroid dienone is 4. The van der Waals surface area contributed by atoms with E-state index in [0.717, 1.165) is 26.2 Å². The van der Waals surface area contributed by atoms with Crippen molar-refractivity contribution in [3.05, 3.63) is 58.7 Å². The summed E-state index contributed by atoms with van der Waals surface area (Å²) in [5.41, 5.74) is 21.1. The van der Waals surface area contributed by atoms with E-state index in [2.05, 4.69) is 32.4 Å². The first-order valence-corrected chi connectivity index (χ1v) is 7.39. The Morgan fingerprint density at radius 3 is 1.55 bits per heavy atom. The molecule has 0 atom stereocenters. The van der Waals surface area contributed by atoms with Crippen LogP contribution >= 0.6 is 0 Å². The molecule has 0 aromatic heterocycles. The van der Waals surface area contributed by atoms with Crippen LogP contribution in [0.3, 0.4) is 0 Å². The Labute approximate surface area is 130 Å². The topological polar surface area (TPSA) is 96.9 Å². The predicted octanol–water partition coefficient (Wildman–Crippen LogP) is 1.28. The van der Waals surface area contributed by atoms with Crippen molar-refractivity contribution >= 4 is 11.4 Å². The van der Waals surface area contributed by atoms with Gasteiger partial charge in [-0.3, -0.25) is 0 Å². The normalized spacial score (nSPS) is 16.9. The van der Waals surface area contributed by atoms with Crippen LogP contribution in [0, 0.1) is 0 Å². The lowest BCUT2D eigenvalue weighted by molar-refractivity contribution is -0.00588. The van der Waals surface area contributed by atoms with Crippen LogP contribution in [0.1, 0.15) is 12.8 Å².